The van der Waals surface area contributed by atoms with Crippen LogP contribution in [0.3, 0.4) is 0 Å². The number of rotatable bonds is 5. The van der Waals surface area contributed by atoms with Gasteiger partial charge in [0, 0.05) is 25.6 Å². The summed E-state index contributed by atoms with van der Waals surface area (Å²) >= 11 is 0. The van der Waals surface area contributed by atoms with Crippen molar-refractivity contribution >= 4 is 24.8 Å². The zero-order valence-corrected chi connectivity index (χ0v) is 18.5. The molecule has 0 radical (unpaired) electrons. The van der Waals surface area contributed by atoms with Crippen molar-refractivity contribution < 1.29 is 19.1 Å². The molecule has 1 saturated heterocycles. The smallest absolute Gasteiger partial charge is 0.407 e. The fraction of sp³-hybridized carbons (Fsp3) is 0.435. The van der Waals surface area contributed by atoms with Gasteiger partial charge in [-0.25, -0.2) is 4.79 Å². The summed E-state index contributed by atoms with van der Waals surface area (Å²) in [7, 11) is -2.62. The number of hydrogen-bond acceptors (Lipinski definition) is 3. The van der Waals surface area contributed by atoms with Gasteiger partial charge in [-0.15, -0.1) is 0 Å². The summed E-state index contributed by atoms with van der Waals surface area (Å²) in [5.74, 6) is 0.00949. The lowest BCUT2D eigenvalue weighted by Crippen LogP contribution is -2.67. The number of amides is 1. The quantitative estimate of drug-likeness (QED) is 0.765. The first-order chi connectivity index (χ1) is 13.8. The molecule has 6 heteroatoms. The molecule has 1 heterocycles. The van der Waals surface area contributed by atoms with Gasteiger partial charge >= 0.3 is 6.09 Å². The number of ether oxygens (including phenoxy) is 1. The normalized spacial score (nSPS) is 18.3. The van der Waals surface area contributed by atoms with Crippen LogP contribution in [-0.4, -0.2) is 57.3 Å². The molecule has 5 nitrogen and oxygen atoms in total. The number of nitrogens with zero attached hydrogens (tertiary/aromatic N) is 1. The predicted octanol–water partition coefficient (Wildman–Crippen LogP) is 3.19. The highest BCUT2D eigenvalue weighted by atomic mass is 28.4. The number of carbonyl (C=O) groups is 1. The van der Waals surface area contributed by atoms with Crippen LogP contribution in [0.2, 0.25) is 5.04 Å². The molecule has 1 aliphatic rings. The van der Waals surface area contributed by atoms with E-state index in [0.29, 0.717) is 32.9 Å². The van der Waals surface area contributed by atoms with Crippen LogP contribution in [-0.2, 0) is 9.16 Å². The summed E-state index contributed by atoms with van der Waals surface area (Å²) in [5, 5.41) is 11.8. The summed E-state index contributed by atoms with van der Waals surface area (Å²) in [5.41, 5.74) is 0. The highest BCUT2D eigenvalue weighted by molar-refractivity contribution is 6.99. The molecule has 2 aromatic carbocycles. The minimum absolute atomic E-state index is 0.00949. The van der Waals surface area contributed by atoms with E-state index in [-0.39, 0.29) is 11.0 Å². The van der Waals surface area contributed by atoms with Gasteiger partial charge in [0.1, 0.15) is 0 Å². The third kappa shape index (κ3) is 4.71. The molecular formula is C23H31NO4Si. The van der Waals surface area contributed by atoms with Crippen molar-refractivity contribution in [1.82, 2.24) is 4.90 Å². The van der Waals surface area contributed by atoms with E-state index in [9.17, 15) is 9.90 Å². The Bertz CT molecular complexity index is 752. The fourth-order valence-corrected chi connectivity index (χ4v) is 8.80. The van der Waals surface area contributed by atoms with E-state index >= 15 is 0 Å². The van der Waals surface area contributed by atoms with E-state index in [1.807, 2.05) is 12.1 Å². The highest BCUT2D eigenvalue weighted by Crippen LogP contribution is 2.37. The molecule has 0 saturated carbocycles. The van der Waals surface area contributed by atoms with Crippen molar-refractivity contribution in [2.75, 3.05) is 32.9 Å². The molecule has 1 atom stereocenters. The second-order valence-corrected chi connectivity index (χ2v) is 12.9. The van der Waals surface area contributed by atoms with E-state index in [1.165, 1.54) is 15.3 Å². The third-order valence-corrected chi connectivity index (χ3v) is 10.6. The Balaban J connectivity index is 1.96. The van der Waals surface area contributed by atoms with Crippen molar-refractivity contribution in [3.63, 3.8) is 0 Å². The number of benzene rings is 2. The van der Waals surface area contributed by atoms with Crippen LogP contribution in [0.1, 0.15) is 20.8 Å². The first kappa shape index (κ1) is 21.6. The lowest BCUT2D eigenvalue weighted by molar-refractivity contribution is 0.0992. The van der Waals surface area contributed by atoms with Gasteiger partial charge in [0.15, 0.2) is 0 Å². The molecule has 29 heavy (non-hydrogen) atoms. The Morgan fingerprint density at radius 1 is 1.10 bits per heavy atom. The molecule has 1 fully saturated rings. The zero-order valence-electron chi connectivity index (χ0n) is 17.5. The maximum absolute atomic E-state index is 11.5. The van der Waals surface area contributed by atoms with Gasteiger partial charge in [-0.1, -0.05) is 81.4 Å². The SMILES string of the molecule is CC(C)(C)[Si](OCC1COCCN(C(=O)O)C1)(c1ccccc1)c1ccccc1. The van der Waals surface area contributed by atoms with E-state index < -0.39 is 14.4 Å². The molecule has 0 bridgehead atoms. The van der Waals surface area contributed by atoms with Crippen molar-refractivity contribution in [2.24, 2.45) is 5.92 Å². The van der Waals surface area contributed by atoms with Crippen molar-refractivity contribution in [3.8, 4) is 0 Å². The average Bonchev–Trinajstić information content (AvgIpc) is 2.95. The maximum atomic E-state index is 11.5. The Morgan fingerprint density at radius 2 is 1.66 bits per heavy atom. The molecule has 0 aliphatic carbocycles. The van der Waals surface area contributed by atoms with Gasteiger partial charge in [0.25, 0.3) is 8.32 Å². The summed E-state index contributed by atoms with van der Waals surface area (Å²) in [6.07, 6.45) is -0.897. The standard InChI is InChI=1S/C23H31NO4Si/c1-23(2,3)29(20-10-6-4-7-11-20,21-12-8-5-9-13-21)28-18-19-16-24(22(25)26)14-15-27-17-19/h4-13,19H,14-18H2,1-3H3,(H,25,26). The van der Waals surface area contributed by atoms with Crippen LogP contribution in [0.5, 0.6) is 0 Å². The van der Waals surface area contributed by atoms with Gasteiger partial charge in [0.2, 0.25) is 0 Å². The van der Waals surface area contributed by atoms with E-state index in [2.05, 4.69) is 69.3 Å². The van der Waals surface area contributed by atoms with E-state index in [0.717, 1.165) is 0 Å². The van der Waals surface area contributed by atoms with Crippen molar-refractivity contribution in [1.29, 1.82) is 0 Å². The van der Waals surface area contributed by atoms with Crippen molar-refractivity contribution in [3.05, 3.63) is 60.7 Å². The van der Waals surface area contributed by atoms with Crippen LogP contribution < -0.4 is 10.4 Å². The van der Waals surface area contributed by atoms with Gasteiger partial charge in [-0.05, 0) is 15.4 Å². The molecule has 0 spiro atoms. The van der Waals surface area contributed by atoms with Gasteiger partial charge < -0.3 is 19.2 Å². The van der Waals surface area contributed by atoms with Gasteiger partial charge in [-0.3, -0.25) is 0 Å². The molecule has 1 aliphatic heterocycles. The third-order valence-electron chi connectivity index (χ3n) is 5.56. The molecule has 3 rings (SSSR count). The average molecular weight is 414 g/mol. The van der Waals surface area contributed by atoms with E-state index in [1.54, 1.807) is 0 Å². The molecule has 1 unspecified atom stereocenters. The zero-order chi connectivity index (χ0) is 20.9. The number of hydrogen-bond donors (Lipinski definition) is 1. The van der Waals surface area contributed by atoms with Crippen LogP contribution in [0.4, 0.5) is 4.79 Å². The topological polar surface area (TPSA) is 59.0 Å². The van der Waals surface area contributed by atoms with Crippen LogP contribution in [0, 0.1) is 5.92 Å². The summed E-state index contributed by atoms with van der Waals surface area (Å²) in [6.45, 7) is 8.99. The molecule has 1 amide bonds. The largest absolute Gasteiger partial charge is 0.465 e. The van der Waals surface area contributed by atoms with E-state index in [4.69, 9.17) is 9.16 Å². The molecule has 0 aromatic heterocycles. The van der Waals surface area contributed by atoms with Gasteiger partial charge in [-0.2, -0.15) is 0 Å². The van der Waals surface area contributed by atoms with Gasteiger partial charge in [0.05, 0.1) is 13.2 Å². The second kappa shape index (κ2) is 9.11. The Labute approximate surface area is 174 Å². The highest BCUT2D eigenvalue weighted by Gasteiger charge is 2.50. The molecule has 2 aromatic rings. The van der Waals surface area contributed by atoms with Crippen LogP contribution in [0.25, 0.3) is 0 Å². The predicted molar refractivity (Wildman–Crippen MR) is 117 cm³/mol. The minimum atomic E-state index is -2.62. The Kier molecular flexibility index (Phi) is 6.77. The first-order valence-electron chi connectivity index (χ1n) is 10.2. The first-order valence-corrected chi connectivity index (χ1v) is 12.1. The summed E-state index contributed by atoms with van der Waals surface area (Å²) in [6, 6.07) is 21.0. The van der Waals surface area contributed by atoms with Crippen molar-refractivity contribution in [2.45, 2.75) is 25.8 Å². The summed E-state index contributed by atoms with van der Waals surface area (Å²) in [4.78, 5) is 12.9. The second-order valence-electron chi connectivity index (χ2n) is 8.64. The van der Waals surface area contributed by atoms with Crippen LogP contribution >= 0.6 is 0 Å². The summed E-state index contributed by atoms with van der Waals surface area (Å²) < 4.78 is 12.6. The monoisotopic (exact) mass is 413 g/mol. The number of carboxylic acid groups (broad SMARTS) is 1. The lowest BCUT2D eigenvalue weighted by Gasteiger charge is -2.43. The Morgan fingerprint density at radius 3 is 2.14 bits per heavy atom. The maximum Gasteiger partial charge on any atom is 0.407 e. The molecule has 1 N–H and O–H groups in total. The molecular weight excluding hydrogens is 382 g/mol. The fourth-order valence-electron chi connectivity index (χ4n) is 4.16. The Hall–Kier alpha value is -2.15. The minimum Gasteiger partial charge on any atom is -0.465 e. The lowest BCUT2D eigenvalue weighted by atomic mass is 10.2. The molecule has 156 valence electrons. The van der Waals surface area contributed by atoms with Crippen LogP contribution in [0.15, 0.2) is 60.7 Å².